The topological polar surface area (TPSA) is 83.3 Å². The lowest BCUT2D eigenvalue weighted by atomic mass is 9.85. The number of nitrogens with one attached hydrogen (secondary N) is 3. The normalized spacial score (nSPS) is 18.7. The van der Waals surface area contributed by atoms with Gasteiger partial charge < -0.3 is 20.5 Å². The summed E-state index contributed by atoms with van der Waals surface area (Å²) in [5.74, 6) is 1.96. The van der Waals surface area contributed by atoms with Gasteiger partial charge in [-0.15, -0.1) is 24.0 Å². The van der Waals surface area contributed by atoms with Crippen LogP contribution in [0.3, 0.4) is 0 Å². The molecule has 3 N–H and O–H groups in total. The third kappa shape index (κ3) is 8.11. The molecule has 1 aromatic heterocycles. The molecule has 0 spiro atoms. The minimum Gasteiger partial charge on any atom is -0.357 e. The highest BCUT2D eigenvalue weighted by molar-refractivity contribution is 14.0. The van der Waals surface area contributed by atoms with Crippen LogP contribution in [0.15, 0.2) is 47.7 Å². The smallest absolute Gasteiger partial charge is 0.223 e. The van der Waals surface area contributed by atoms with Crippen molar-refractivity contribution in [1.82, 2.24) is 25.5 Å². The summed E-state index contributed by atoms with van der Waals surface area (Å²) in [6.07, 6.45) is 7.73. The fourth-order valence-electron chi connectivity index (χ4n) is 4.04. The summed E-state index contributed by atoms with van der Waals surface area (Å²) in [4.78, 5) is 21.7. The van der Waals surface area contributed by atoms with Gasteiger partial charge >= 0.3 is 0 Å². The molecule has 0 radical (unpaired) electrons. The first kappa shape index (κ1) is 26.2. The summed E-state index contributed by atoms with van der Waals surface area (Å²) in [5, 5.41) is 9.95. The summed E-state index contributed by atoms with van der Waals surface area (Å²) in [5.41, 5.74) is 1.24. The number of guanidine groups is 1. The molecular formula is C24H37IN6O. The molecule has 0 aliphatic heterocycles. The molecular weight excluding hydrogens is 515 g/mol. The van der Waals surface area contributed by atoms with Crippen molar-refractivity contribution < 1.29 is 4.79 Å². The second-order valence-electron chi connectivity index (χ2n) is 8.52. The van der Waals surface area contributed by atoms with Gasteiger partial charge in [0.2, 0.25) is 5.91 Å². The Balaban J connectivity index is 0.00000363. The molecule has 32 heavy (non-hydrogen) atoms. The van der Waals surface area contributed by atoms with E-state index in [1.54, 1.807) is 0 Å². The Kier molecular flexibility index (Phi) is 11.0. The molecule has 1 aromatic carbocycles. The maximum Gasteiger partial charge on any atom is 0.223 e. The molecule has 1 fully saturated rings. The van der Waals surface area contributed by atoms with E-state index in [9.17, 15) is 4.79 Å². The Morgan fingerprint density at radius 3 is 2.75 bits per heavy atom. The van der Waals surface area contributed by atoms with E-state index in [4.69, 9.17) is 4.99 Å². The number of rotatable bonds is 8. The van der Waals surface area contributed by atoms with Gasteiger partial charge in [-0.25, -0.2) is 9.98 Å². The molecule has 2 unspecified atom stereocenters. The van der Waals surface area contributed by atoms with Gasteiger partial charge in [-0.05, 0) is 45.6 Å². The Bertz CT molecular complexity index is 851. The Labute approximate surface area is 208 Å². The SMILES string of the molecule is CCNC(=NCc1nccn1Cc1ccccc1)NC1CCCC(C(=O)NC(C)C)C1.I. The van der Waals surface area contributed by atoms with E-state index in [0.29, 0.717) is 6.54 Å². The first-order valence-electron chi connectivity index (χ1n) is 11.4. The first-order chi connectivity index (χ1) is 15.0. The molecule has 1 heterocycles. The minimum atomic E-state index is 0. The highest BCUT2D eigenvalue weighted by Gasteiger charge is 2.28. The van der Waals surface area contributed by atoms with Crippen molar-refractivity contribution in [2.45, 2.75) is 71.6 Å². The lowest BCUT2D eigenvalue weighted by Gasteiger charge is -2.30. The van der Waals surface area contributed by atoms with Gasteiger partial charge in [0.1, 0.15) is 12.4 Å². The molecule has 8 heteroatoms. The lowest BCUT2D eigenvalue weighted by molar-refractivity contribution is -0.126. The zero-order valence-electron chi connectivity index (χ0n) is 19.4. The number of carbonyl (C=O) groups is 1. The second-order valence-corrected chi connectivity index (χ2v) is 8.52. The fourth-order valence-corrected chi connectivity index (χ4v) is 4.04. The Morgan fingerprint density at radius 2 is 2.03 bits per heavy atom. The number of benzene rings is 1. The minimum absolute atomic E-state index is 0. The number of aromatic nitrogens is 2. The number of halogens is 1. The van der Waals surface area contributed by atoms with Crippen LogP contribution in [0, 0.1) is 5.92 Å². The molecule has 176 valence electrons. The molecule has 1 aliphatic carbocycles. The molecule has 1 amide bonds. The Hall–Kier alpha value is -2.10. The highest BCUT2D eigenvalue weighted by Crippen LogP contribution is 2.24. The molecule has 0 saturated heterocycles. The van der Waals surface area contributed by atoms with Crippen LogP contribution in [-0.4, -0.2) is 40.0 Å². The van der Waals surface area contributed by atoms with Crippen LogP contribution in [0.5, 0.6) is 0 Å². The summed E-state index contributed by atoms with van der Waals surface area (Å²) in [6, 6.07) is 10.8. The maximum atomic E-state index is 12.4. The summed E-state index contributed by atoms with van der Waals surface area (Å²) >= 11 is 0. The van der Waals surface area contributed by atoms with Crippen molar-refractivity contribution in [2.75, 3.05) is 6.54 Å². The number of hydrogen-bond donors (Lipinski definition) is 3. The first-order valence-corrected chi connectivity index (χ1v) is 11.4. The molecule has 1 saturated carbocycles. The van der Waals surface area contributed by atoms with Gasteiger partial charge in [-0.2, -0.15) is 0 Å². The average molecular weight is 553 g/mol. The van der Waals surface area contributed by atoms with Crippen LogP contribution in [0.2, 0.25) is 0 Å². The fraction of sp³-hybridized carbons (Fsp3) is 0.542. The lowest BCUT2D eigenvalue weighted by Crippen LogP contribution is -2.47. The van der Waals surface area contributed by atoms with E-state index in [0.717, 1.165) is 50.6 Å². The number of nitrogens with zero attached hydrogens (tertiary/aromatic N) is 3. The number of hydrogen-bond acceptors (Lipinski definition) is 3. The zero-order chi connectivity index (χ0) is 22.1. The van der Waals surface area contributed by atoms with Crippen molar-refractivity contribution in [3.63, 3.8) is 0 Å². The van der Waals surface area contributed by atoms with Crippen LogP contribution in [0.1, 0.15) is 57.8 Å². The molecule has 3 rings (SSSR count). The van der Waals surface area contributed by atoms with Gasteiger partial charge in [-0.3, -0.25) is 4.79 Å². The van der Waals surface area contributed by atoms with Gasteiger partial charge in [0.25, 0.3) is 0 Å². The van der Waals surface area contributed by atoms with E-state index in [2.05, 4.69) is 56.7 Å². The maximum absolute atomic E-state index is 12.4. The third-order valence-corrected chi connectivity index (χ3v) is 5.54. The predicted molar refractivity (Wildman–Crippen MR) is 140 cm³/mol. The Morgan fingerprint density at radius 1 is 1.25 bits per heavy atom. The van der Waals surface area contributed by atoms with E-state index in [-0.39, 0.29) is 47.9 Å². The number of aliphatic imine (C=N–C) groups is 1. The number of amides is 1. The largest absolute Gasteiger partial charge is 0.357 e. The van der Waals surface area contributed by atoms with E-state index < -0.39 is 0 Å². The average Bonchev–Trinajstić information content (AvgIpc) is 3.19. The molecule has 1 aliphatic rings. The summed E-state index contributed by atoms with van der Waals surface area (Å²) in [7, 11) is 0. The standard InChI is InChI=1S/C24H36N6O.HI/c1-4-25-24(29-21-12-8-11-20(15-21)23(31)28-18(2)3)27-16-22-26-13-14-30(22)17-19-9-6-5-7-10-19;/h5-7,9-10,13-14,18,20-21H,4,8,11-12,15-17H2,1-3H3,(H,28,31)(H2,25,27,29);1H. The van der Waals surface area contributed by atoms with Crippen molar-refractivity contribution in [3.8, 4) is 0 Å². The van der Waals surface area contributed by atoms with Crippen LogP contribution in [0.25, 0.3) is 0 Å². The summed E-state index contributed by atoms with van der Waals surface area (Å²) in [6.45, 7) is 8.15. The van der Waals surface area contributed by atoms with Crippen LogP contribution in [0.4, 0.5) is 0 Å². The van der Waals surface area contributed by atoms with Gasteiger partial charge in [0.05, 0.1) is 0 Å². The van der Waals surface area contributed by atoms with Crippen molar-refractivity contribution in [3.05, 3.63) is 54.1 Å². The molecule has 2 atom stereocenters. The number of imidazole rings is 1. The van der Waals surface area contributed by atoms with Crippen LogP contribution in [-0.2, 0) is 17.9 Å². The third-order valence-electron chi connectivity index (χ3n) is 5.54. The highest BCUT2D eigenvalue weighted by atomic mass is 127. The van der Waals surface area contributed by atoms with Gasteiger partial charge in [0, 0.05) is 43.5 Å². The van der Waals surface area contributed by atoms with Crippen molar-refractivity contribution >= 4 is 35.8 Å². The van der Waals surface area contributed by atoms with Gasteiger partial charge in [-0.1, -0.05) is 36.8 Å². The van der Waals surface area contributed by atoms with E-state index in [1.165, 1.54) is 5.56 Å². The second kappa shape index (κ2) is 13.4. The number of carbonyl (C=O) groups excluding carboxylic acids is 1. The van der Waals surface area contributed by atoms with Crippen molar-refractivity contribution in [1.29, 1.82) is 0 Å². The van der Waals surface area contributed by atoms with Crippen LogP contribution < -0.4 is 16.0 Å². The quantitative estimate of drug-likeness (QED) is 0.265. The zero-order valence-corrected chi connectivity index (χ0v) is 21.7. The molecule has 7 nitrogen and oxygen atoms in total. The van der Waals surface area contributed by atoms with E-state index in [1.807, 2.05) is 32.3 Å². The van der Waals surface area contributed by atoms with E-state index >= 15 is 0 Å². The predicted octanol–water partition coefficient (Wildman–Crippen LogP) is 3.69. The monoisotopic (exact) mass is 552 g/mol. The molecule has 0 bridgehead atoms. The van der Waals surface area contributed by atoms with Crippen LogP contribution >= 0.6 is 24.0 Å². The van der Waals surface area contributed by atoms with Gasteiger partial charge in [0.15, 0.2) is 5.96 Å². The summed E-state index contributed by atoms with van der Waals surface area (Å²) < 4.78 is 2.13. The molecule has 2 aromatic rings. The van der Waals surface area contributed by atoms with Crippen molar-refractivity contribution in [2.24, 2.45) is 10.9 Å².